The van der Waals surface area contributed by atoms with E-state index in [1.165, 1.54) is 0 Å². The lowest BCUT2D eigenvalue weighted by molar-refractivity contribution is 0.445. The number of nitrogens with zero attached hydrogens (tertiary/aromatic N) is 2. The molecule has 1 unspecified atom stereocenters. The monoisotopic (exact) mass is 227 g/mol. The van der Waals surface area contributed by atoms with Crippen LogP contribution in [0.4, 0.5) is 0 Å². The van der Waals surface area contributed by atoms with Crippen LogP contribution in [0, 0.1) is 0 Å². The van der Waals surface area contributed by atoms with Crippen LogP contribution in [-0.4, -0.2) is 9.97 Å². The quantitative estimate of drug-likeness (QED) is 0.877. The Kier molecular flexibility index (Phi) is 3.20. The lowest BCUT2D eigenvalue weighted by Crippen LogP contribution is -2.34. The molecule has 0 aliphatic carbocycles. The van der Waals surface area contributed by atoms with E-state index in [4.69, 9.17) is 5.73 Å². The fraction of sp³-hybridized carbons (Fsp3) is 0.286. The van der Waals surface area contributed by atoms with Gasteiger partial charge in [0, 0.05) is 18.0 Å². The van der Waals surface area contributed by atoms with Crippen LogP contribution >= 0.6 is 0 Å². The zero-order chi connectivity index (χ0) is 12.3. The Bertz CT molecular complexity index is 475. The molecule has 0 aliphatic rings. The van der Waals surface area contributed by atoms with E-state index < -0.39 is 5.54 Å². The van der Waals surface area contributed by atoms with Gasteiger partial charge in [-0.05, 0) is 18.9 Å². The number of rotatable bonds is 3. The molecular formula is C14H17N3. The maximum Gasteiger partial charge on any atom is 0.147 e. The molecule has 88 valence electrons. The minimum absolute atomic E-state index is 0.449. The molecule has 1 aromatic heterocycles. The molecule has 0 amide bonds. The van der Waals surface area contributed by atoms with Crippen LogP contribution in [0.5, 0.6) is 0 Å². The second-order valence-electron chi connectivity index (χ2n) is 4.43. The molecule has 2 aromatic rings. The number of nitrogens with two attached hydrogens (primary N) is 1. The fourth-order valence-corrected chi connectivity index (χ4v) is 1.56. The molecule has 0 spiro atoms. The smallest absolute Gasteiger partial charge is 0.147 e. The second-order valence-corrected chi connectivity index (χ2v) is 4.43. The summed E-state index contributed by atoms with van der Waals surface area (Å²) in [6.45, 7) is 3.99. The average Bonchev–Trinajstić information content (AvgIpc) is 2.40. The van der Waals surface area contributed by atoms with E-state index in [9.17, 15) is 0 Å². The van der Waals surface area contributed by atoms with Gasteiger partial charge < -0.3 is 5.73 Å². The van der Waals surface area contributed by atoms with Crippen molar-refractivity contribution in [1.29, 1.82) is 0 Å². The minimum Gasteiger partial charge on any atom is -0.319 e. The first-order chi connectivity index (χ1) is 8.13. The van der Waals surface area contributed by atoms with Gasteiger partial charge in [0.2, 0.25) is 0 Å². The highest BCUT2D eigenvalue weighted by atomic mass is 14.9. The summed E-state index contributed by atoms with van der Waals surface area (Å²) in [5.41, 5.74) is 7.79. The molecule has 1 atom stereocenters. The van der Waals surface area contributed by atoms with Gasteiger partial charge in [-0.3, -0.25) is 0 Å². The molecule has 0 saturated heterocycles. The van der Waals surface area contributed by atoms with Crippen LogP contribution < -0.4 is 5.73 Å². The Morgan fingerprint density at radius 3 is 2.18 bits per heavy atom. The summed E-state index contributed by atoms with van der Waals surface area (Å²) in [4.78, 5) is 8.72. The molecule has 0 saturated carbocycles. The summed E-state index contributed by atoms with van der Waals surface area (Å²) < 4.78 is 0. The largest absolute Gasteiger partial charge is 0.319 e. The van der Waals surface area contributed by atoms with E-state index in [0.29, 0.717) is 5.82 Å². The zero-order valence-electron chi connectivity index (χ0n) is 10.2. The topological polar surface area (TPSA) is 51.8 Å². The molecule has 3 heteroatoms. The maximum absolute atomic E-state index is 6.10. The Labute approximate surface area is 102 Å². The highest BCUT2D eigenvalue weighted by Gasteiger charge is 2.21. The predicted molar refractivity (Wildman–Crippen MR) is 69.3 cm³/mol. The molecule has 2 N–H and O–H groups in total. The SMILES string of the molecule is CCC(C)(N)c1ncc(-c2ccccc2)cn1. The Hall–Kier alpha value is -1.74. The molecule has 17 heavy (non-hydrogen) atoms. The van der Waals surface area contributed by atoms with Gasteiger partial charge in [0.1, 0.15) is 5.82 Å². The minimum atomic E-state index is -0.449. The fourth-order valence-electron chi connectivity index (χ4n) is 1.56. The standard InChI is InChI=1S/C14H17N3/c1-3-14(2,15)13-16-9-12(10-17-13)11-7-5-4-6-8-11/h4-10H,3,15H2,1-2H3. The first kappa shape index (κ1) is 11.7. The van der Waals surface area contributed by atoms with Crippen molar-refractivity contribution in [3.05, 3.63) is 48.5 Å². The summed E-state index contributed by atoms with van der Waals surface area (Å²) in [7, 11) is 0. The lowest BCUT2D eigenvalue weighted by atomic mass is 9.99. The molecule has 1 aromatic carbocycles. The first-order valence-electron chi connectivity index (χ1n) is 5.80. The van der Waals surface area contributed by atoms with E-state index >= 15 is 0 Å². The van der Waals surface area contributed by atoms with Crippen LogP contribution in [0.3, 0.4) is 0 Å². The average molecular weight is 227 g/mol. The second kappa shape index (κ2) is 4.63. The van der Waals surface area contributed by atoms with Gasteiger partial charge in [-0.2, -0.15) is 0 Å². The van der Waals surface area contributed by atoms with Gasteiger partial charge in [0.15, 0.2) is 0 Å². The van der Waals surface area contributed by atoms with Crippen molar-refractivity contribution in [3.8, 4) is 11.1 Å². The van der Waals surface area contributed by atoms with Crippen molar-refractivity contribution in [2.24, 2.45) is 5.73 Å². The summed E-state index contributed by atoms with van der Waals surface area (Å²) in [6.07, 6.45) is 4.48. The lowest BCUT2D eigenvalue weighted by Gasteiger charge is -2.20. The van der Waals surface area contributed by atoms with Crippen molar-refractivity contribution < 1.29 is 0 Å². The van der Waals surface area contributed by atoms with Crippen LogP contribution in [0.1, 0.15) is 26.1 Å². The van der Waals surface area contributed by atoms with Gasteiger partial charge >= 0.3 is 0 Å². The van der Waals surface area contributed by atoms with Crippen molar-refractivity contribution >= 4 is 0 Å². The van der Waals surface area contributed by atoms with Crippen molar-refractivity contribution in [3.63, 3.8) is 0 Å². The van der Waals surface area contributed by atoms with Crippen LogP contribution in [0.15, 0.2) is 42.7 Å². The van der Waals surface area contributed by atoms with Gasteiger partial charge in [0.25, 0.3) is 0 Å². The molecule has 0 aliphatic heterocycles. The van der Waals surface area contributed by atoms with Crippen molar-refractivity contribution in [2.75, 3.05) is 0 Å². The van der Waals surface area contributed by atoms with E-state index in [-0.39, 0.29) is 0 Å². The highest BCUT2D eigenvalue weighted by molar-refractivity contribution is 5.61. The van der Waals surface area contributed by atoms with E-state index in [0.717, 1.165) is 17.5 Å². The third-order valence-corrected chi connectivity index (χ3v) is 3.00. The molecule has 1 heterocycles. The Balaban J connectivity index is 2.31. The Morgan fingerprint density at radius 2 is 1.65 bits per heavy atom. The van der Waals surface area contributed by atoms with Gasteiger partial charge in [0.05, 0.1) is 5.54 Å². The molecule has 3 nitrogen and oxygen atoms in total. The summed E-state index contributed by atoms with van der Waals surface area (Å²) in [6, 6.07) is 10.1. The summed E-state index contributed by atoms with van der Waals surface area (Å²) in [5, 5.41) is 0. The van der Waals surface area contributed by atoms with Crippen LogP contribution in [-0.2, 0) is 5.54 Å². The normalized spacial score (nSPS) is 14.3. The number of benzene rings is 1. The third-order valence-electron chi connectivity index (χ3n) is 3.00. The van der Waals surface area contributed by atoms with Gasteiger partial charge in [-0.15, -0.1) is 0 Å². The number of hydrogen-bond donors (Lipinski definition) is 1. The van der Waals surface area contributed by atoms with E-state index in [1.54, 1.807) is 0 Å². The van der Waals surface area contributed by atoms with E-state index in [1.807, 2.05) is 56.6 Å². The maximum atomic E-state index is 6.10. The molecule has 2 rings (SSSR count). The molecule has 0 bridgehead atoms. The zero-order valence-corrected chi connectivity index (χ0v) is 10.2. The number of aromatic nitrogens is 2. The summed E-state index contributed by atoms with van der Waals surface area (Å²) in [5.74, 6) is 0.694. The van der Waals surface area contributed by atoms with Crippen LogP contribution in [0.2, 0.25) is 0 Å². The van der Waals surface area contributed by atoms with E-state index in [2.05, 4.69) is 9.97 Å². The van der Waals surface area contributed by atoms with Gasteiger partial charge in [-0.1, -0.05) is 37.3 Å². The predicted octanol–water partition coefficient (Wildman–Crippen LogP) is 2.73. The Morgan fingerprint density at radius 1 is 1.06 bits per heavy atom. The summed E-state index contributed by atoms with van der Waals surface area (Å²) >= 11 is 0. The number of hydrogen-bond acceptors (Lipinski definition) is 3. The molecule has 0 radical (unpaired) electrons. The third kappa shape index (κ3) is 2.50. The van der Waals surface area contributed by atoms with Crippen molar-refractivity contribution in [1.82, 2.24) is 9.97 Å². The molecule has 0 fully saturated rings. The van der Waals surface area contributed by atoms with Gasteiger partial charge in [-0.25, -0.2) is 9.97 Å². The van der Waals surface area contributed by atoms with Crippen molar-refractivity contribution in [2.45, 2.75) is 25.8 Å². The first-order valence-corrected chi connectivity index (χ1v) is 5.80. The molecular weight excluding hydrogens is 210 g/mol. The van der Waals surface area contributed by atoms with Crippen LogP contribution in [0.25, 0.3) is 11.1 Å². The highest BCUT2D eigenvalue weighted by Crippen LogP contribution is 2.20.